The lowest BCUT2D eigenvalue weighted by Gasteiger charge is -1.99. The minimum Gasteiger partial charge on any atom is -0.411 e. The standard InChI is InChI=1S/C16H16ClN5O2S2/c1-9(2)7-13-19-21-15(26-13)18-12(23)8-25-16-22-20-14(24-16)10-3-5-11(17)6-4-10/h3-6,9H,7-8H2,1-2H3,(H,18,21,23). The van der Waals surface area contributed by atoms with E-state index in [0.29, 0.717) is 27.2 Å². The quantitative estimate of drug-likeness (QED) is 0.585. The number of hydrogen-bond acceptors (Lipinski definition) is 8. The number of amides is 1. The third-order valence-corrected chi connectivity index (χ3v) is 5.05. The summed E-state index contributed by atoms with van der Waals surface area (Å²) in [4.78, 5) is 12.0. The van der Waals surface area contributed by atoms with Gasteiger partial charge in [-0.05, 0) is 30.2 Å². The van der Waals surface area contributed by atoms with Crippen LogP contribution in [0.3, 0.4) is 0 Å². The summed E-state index contributed by atoms with van der Waals surface area (Å²) in [6.45, 7) is 4.22. The summed E-state index contributed by atoms with van der Waals surface area (Å²) in [5.41, 5.74) is 0.768. The van der Waals surface area contributed by atoms with E-state index in [2.05, 4.69) is 39.6 Å². The van der Waals surface area contributed by atoms with Gasteiger partial charge in [-0.25, -0.2) is 0 Å². The van der Waals surface area contributed by atoms with E-state index in [1.165, 1.54) is 11.3 Å². The van der Waals surface area contributed by atoms with Gasteiger partial charge in [-0.2, -0.15) is 0 Å². The van der Waals surface area contributed by atoms with Gasteiger partial charge in [0.15, 0.2) is 0 Å². The molecule has 0 fully saturated rings. The number of halogens is 1. The van der Waals surface area contributed by atoms with Crippen LogP contribution in [0.15, 0.2) is 33.9 Å². The van der Waals surface area contributed by atoms with Crippen molar-refractivity contribution in [1.29, 1.82) is 0 Å². The number of hydrogen-bond donors (Lipinski definition) is 1. The number of nitrogens with one attached hydrogen (secondary N) is 1. The Balaban J connectivity index is 1.52. The van der Waals surface area contributed by atoms with Gasteiger partial charge in [-0.3, -0.25) is 10.1 Å². The van der Waals surface area contributed by atoms with Crippen molar-refractivity contribution < 1.29 is 9.21 Å². The molecule has 2 aromatic heterocycles. The molecule has 0 aliphatic carbocycles. The fourth-order valence-corrected chi connectivity index (χ4v) is 3.65. The van der Waals surface area contributed by atoms with Crippen molar-refractivity contribution in [3.8, 4) is 11.5 Å². The first kappa shape index (κ1) is 18.8. The molecule has 1 amide bonds. The number of carbonyl (C=O) groups excluding carboxylic acids is 1. The van der Waals surface area contributed by atoms with Crippen molar-refractivity contribution in [2.45, 2.75) is 25.5 Å². The van der Waals surface area contributed by atoms with Crippen molar-refractivity contribution in [3.63, 3.8) is 0 Å². The van der Waals surface area contributed by atoms with Crippen molar-refractivity contribution in [2.24, 2.45) is 5.92 Å². The second-order valence-electron chi connectivity index (χ2n) is 5.82. The summed E-state index contributed by atoms with van der Waals surface area (Å²) in [6.07, 6.45) is 0.845. The first-order valence-corrected chi connectivity index (χ1v) is 10.0. The smallest absolute Gasteiger partial charge is 0.277 e. The number of carbonyl (C=O) groups is 1. The highest BCUT2D eigenvalue weighted by Gasteiger charge is 2.13. The summed E-state index contributed by atoms with van der Waals surface area (Å²) in [7, 11) is 0. The molecule has 3 rings (SSSR count). The van der Waals surface area contributed by atoms with Crippen molar-refractivity contribution >= 4 is 45.7 Å². The van der Waals surface area contributed by atoms with Crippen molar-refractivity contribution in [2.75, 3.05) is 11.1 Å². The maximum atomic E-state index is 12.0. The first-order valence-electron chi connectivity index (χ1n) is 7.84. The number of aromatic nitrogens is 4. The fraction of sp³-hybridized carbons (Fsp3) is 0.312. The Labute approximate surface area is 163 Å². The molecule has 3 aromatic rings. The minimum atomic E-state index is -0.200. The molecule has 7 nitrogen and oxygen atoms in total. The van der Waals surface area contributed by atoms with Gasteiger partial charge in [-0.1, -0.05) is 48.5 Å². The lowest BCUT2D eigenvalue weighted by Crippen LogP contribution is -2.13. The average Bonchev–Trinajstić information content (AvgIpc) is 3.23. The number of rotatable bonds is 7. The van der Waals surface area contributed by atoms with E-state index in [9.17, 15) is 4.79 Å². The maximum absolute atomic E-state index is 12.0. The molecule has 1 aromatic carbocycles. The Morgan fingerprint density at radius 1 is 1.23 bits per heavy atom. The Morgan fingerprint density at radius 3 is 2.73 bits per heavy atom. The lowest BCUT2D eigenvalue weighted by atomic mass is 10.1. The van der Waals surface area contributed by atoms with E-state index >= 15 is 0 Å². The molecule has 0 spiro atoms. The topological polar surface area (TPSA) is 93.8 Å². The SMILES string of the molecule is CC(C)Cc1nnc(NC(=O)CSc2nnc(-c3ccc(Cl)cc3)o2)s1. The van der Waals surface area contributed by atoms with Crippen molar-refractivity contribution in [3.05, 3.63) is 34.3 Å². The zero-order chi connectivity index (χ0) is 18.5. The average molecular weight is 410 g/mol. The normalized spacial score (nSPS) is 11.1. The second kappa shape index (κ2) is 8.61. The van der Waals surface area contributed by atoms with Crippen LogP contribution in [0, 0.1) is 5.92 Å². The summed E-state index contributed by atoms with van der Waals surface area (Å²) in [6, 6.07) is 7.08. The van der Waals surface area contributed by atoms with Gasteiger partial charge < -0.3 is 4.42 Å². The zero-order valence-corrected chi connectivity index (χ0v) is 16.5. The summed E-state index contributed by atoms with van der Waals surface area (Å²) in [5, 5.41) is 21.1. The van der Waals surface area contributed by atoms with Crippen LogP contribution in [0.2, 0.25) is 5.02 Å². The summed E-state index contributed by atoms with van der Waals surface area (Å²) < 4.78 is 5.55. The third-order valence-electron chi connectivity index (χ3n) is 3.12. The van der Waals surface area contributed by atoms with Crippen LogP contribution in [0.5, 0.6) is 0 Å². The van der Waals surface area contributed by atoms with Crippen LogP contribution in [-0.2, 0) is 11.2 Å². The van der Waals surface area contributed by atoms with Gasteiger partial charge in [0.2, 0.25) is 16.9 Å². The first-order chi connectivity index (χ1) is 12.5. The number of anilines is 1. The number of nitrogens with zero attached hydrogens (tertiary/aromatic N) is 4. The highest BCUT2D eigenvalue weighted by atomic mass is 35.5. The molecule has 136 valence electrons. The lowest BCUT2D eigenvalue weighted by molar-refractivity contribution is -0.113. The molecule has 0 radical (unpaired) electrons. The van der Waals surface area contributed by atoms with Gasteiger partial charge >= 0.3 is 0 Å². The molecule has 1 N–H and O–H groups in total. The zero-order valence-electron chi connectivity index (χ0n) is 14.1. The van der Waals surface area contributed by atoms with E-state index in [1.54, 1.807) is 24.3 Å². The van der Waals surface area contributed by atoms with Crippen LogP contribution in [-0.4, -0.2) is 32.1 Å². The van der Waals surface area contributed by atoms with Gasteiger partial charge in [0.1, 0.15) is 5.01 Å². The number of thioether (sulfide) groups is 1. The third kappa shape index (κ3) is 5.26. The fourth-order valence-electron chi connectivity index (χ4n) is 2.00. The van der Waals surface area contributed by atoms with Gasteiger partial charge in [0.05, 0.1) is 5.75 Å². The van der Waals surface area contributed by atoms with E-state index in [0.717, 1.165) is 28.8 Å². The molecule has 2 heterocycles. The molecule has 0 saturated carbocycles. The van der Waals surface area contributed by atoms with E-state index in [-0.39, 0.29) is 11.7 Å². The van der Waals surface area contributed by atoms with Crippen LogP contribution in [0.4, 0.5) is 5.13 Å². The highest BCUT2D eigenvalue weighted by Crippen LogP contribution is 2.25. The molecule has 0 aliphatic heterocycles. The van der Waals surface area contributed by atoms with E-state index < -0.39 is 0 Å². The van der Waals surface area contributed by atoms with Crippen LogP contribution < -0.4 is 5.32 Å². The molecule has 0 atom stereocenters. The monoisotopic (exact) mass is 409 g/mol. The highest BCUT2D eigenvalue weighted by molar-refractivity contribution is 7.99. The van der Waals surface area contributed by atoms with E-state index in [4.69, 9.17) is 16.0 Å². The van der Waals surface area contributed by atoms with Crippen LogP contribution >= 0.6 is 34.7 Å². The molecular weight excluding hydrogens is 394 g/mol. The largest absolute Gasteiger partial charge is 0.411 e. The van der Waals surface area contributed by atoms with Crippen LogP contribution in [0.1, 0.15) is 18.9 Å². The summed E-state index contributed by atoms with van der Waals surface area (Å²) in [5.74, 6) is 0.816. The molecular formula is C16H16ClN5O2S2. The number of benzene rings is 1. The van der Waals surface area contributed by atoms with Gasteiger partial charge in [-0.15, -0.1) is 20.4 Å². The van der Waals surface area contributed by atoms with Crippen molar-refractivity contribution in [1.82, 2.24) is 20.4 Å². The summed E-state index contributed by atoms with van der Waals surface area (Å²) >= 11 is 8.41. The molecule has 0 bridgehead atoms. The Kier molecular flexibility index (Phi) is 6.23. The predicted molar refractivity (Wildman–Crippen MR) is 103 cm³/mol. The second-order valence-corrected chi connectivity index (χ2v) is 8.24. The Bertz CT molecular complexity index is 879. The Morgan fingerprint density at radius 2 is 2.00 bits per heavy atom. The molecule has 0 aliphatic rings. The predicted octanol–water partition coefficient (Wildman–Crippen LogP) is 4.17. The van der Waals surface area contributed by atoms with E-state index in [1.807, 2.05) is 0 Å². The molecule has 0 saturated heterocycles. The minimum absolute atomic E-state index is 0.140. The molecule has 26 heavy (non-hydrogen) atoms. The van der Waals surface area contributed by atoms with Crippen LogP contribution in [0.25, 0.3) is 11.5 Å². The maximum Gasteiger partial charge on any atom is 0.277 e. The van der Waals surface area contributed by atoms with Gasteiger partial charge in [0.25, 0.3) is 5.22 Å². The van der Waals surface area contributed by atoms with Gasteiger partial charge in [0, 0.05) is 17.0 Å². The molecule has 10 heteroatoms. The molecule has 0 unspecified atom stereocenters. The Hall–Kier alpha value is -1.97.